The molecule has 1 N–H and O–H groups in total. The number of ether oxygens (including phenoxy) is 3. The second-order valence-corrected chi connectivity index (χ2v) is 7.58. The molecule has 0 aromatic heterocycles. The summed E-state index contributed by atoms with van der Waals surface area (Å²) >= 11 is 0. The van der Waals surface area contributed by atoms with E-state index >= 15 is 0 Å². The molecule has 1 aliphatic heterocycles. The Morgan fingerprint density at radius 1 is 1.28 bits per heavy atom. The largest absolute Gasteiger partial charge is 0.872 e. The van der Waals surface area contributed by atoms with E-state index in [0.717, 1.165) is 37.7 Å². The van der Waals surface area contributed by atoms with Gasteiger partial charge in [0, 0.05) is 0 Å². The summed E-state index contributed by atoms with van der Waals surface area (Å²) in [6.45, 7) is 3.49. The Morgan fingerprint density at radius 2 is 2.04 bits per heavy atom. The Bertz CT molecular complexity index is 569. The van der Waals surface area contributed by atoms with Gasteiger partial charge in [0.05, 0.1) is 26.4 Å². The van der Waals surface area contributed by atoms with Crippen molar-refractivity contribution in [3.63, 3.8) is 0 Å². The average Bonchev–Trinajstić information content (AvgIpc) is 3.10. The van der Waals surface area contributed by atoms with E-state index in [1.165, 1.54) is 0 Å². The molecule has 1 unspecified atom stereocenters. The monoisotopic (exact) mass is 349 g/mol. The Balaban J connectivity index is 1.77. The van der Waals surface area contributed by atoms with Crippen molar-refractivity contribution in [1.29, 1.82) is 0 Å². The minimum absolute atomic E-state index is 0.0156. The van der Waals surface area contributed by atoms with Crippen LogP contribution in [0.5, 0.6) is 11.5 Å². The molecule has 1 saturated heterocycles. The Hall–Kier alpha value is -1.30. The van der Waals surface area contributed by atoms with Crippen molar-refractivity contribution in [3.8, 4) is 11.5 Å². The van der Waals surface area contributed by atoms with Crippen molar-refractivity contribution in [1.82, 2.24) is 0 Å². The van der Waals surface area contributed by atoms with E-state index in [9.17, 15) is 10.2 Å². The molecular formula is C20H29O5-. The summed E-state index contributed by atoms with van der Waals surface area (Å²) in [6.07, 6.45) is 4.56. The van der Waals surface area contributed by atoms with Crippen LogP contribution in [0.3, 0.4) is 0 Å². The molecule has 1 aliphatic carbocycles. The van der Waals surface area contributed by atoms with Gasteiger partial charge in [0.2, 0.25) is 0 Å². The van der Waals surface area contributed by atoms with Crippen molar-refractivity contribution in [2.24, 2.45) is 11.3 Å². The fraction of sp³-hybridized carbons (Fsp3) is 0.700. The van der Waals surface area contributed by atoms with E-state index < -0.39 is 0 Å². The average molecular weight is 349 g/mol. The van der Waals surface area contributed by atoms with Crippen LogP contribution in [-0.4, -0.2) is 37.8 Å². The third-order valence-corrected chi connectivity index (χ3v) is 5.90. The minimum Gasteiger partial charge on any atom is -0.872 e. The highest BCUT2D eigenvalue weighted by molar-refractivity contribution is 5.44. The van der Waals surface area contributed by atoms with Crippen LogP contribution in [0.25, 0.3) is 0 Å². The zero-order valence-electron chi connectivity index (χ0n) is 15.2. The van der Waals surface area contributed by atoms with Gasteiger partial charge in [-0.3, -0.25) is 0 Å². The van der Waals surface area contributed by atoms with E-state index in [4.69, 9.17) is 14.2 Å². The van der Waals surface area contributed by atoms with Crippen molar-refractivity contribution >= 4 is 0 Å². The first kappa shape index (κ1) is 18.5. The quantitative estimate of drug-likeness (QED) is 0.855. The summed E-state index contributed by atoms with van der Waals surface area (Å²) in [5, 5.41) is 23.0. The summed E-state index contributed by atoms with van der Waals surface area (Å²) in [5.41, 5.74) is 0.587. The van der Waals surface area contributed by atoms with Crippen molar-refractivity contribution in [3.05, 3.63) is 23.8 Å². The van der Waals surface area contributed by atoms with Crippen LogP contribution in [0.2, 0.25) is 0 Å². The zero-order chi connectivity index (χ0) is 17.9. The van der Waals surface area contributed by atoms with E-state index in [2.05, 4.69) is 6.92 Å². The highest BCUT2D eigenvalue weighted by atomic mass is 16.7. The molecule has 2 aliphatic rings. The SMILES string of the molecule is COc1cccc([O-])c1C[C@]1(C)CCCC(O)[C@H]1CCC1OCCO1. The molecule has 3 rings (SSSR count). The van der Waals surface area contributed by atoms with Crippen molar-refractivity contribution in [2.45, 2.75) is 57.8 Å². The van der Waals surface area contributed by atoms with Crippen LogP contribution in [0.1, 0.15) is 44.6 Å². The number of rotatable bonds is 6. The molecule has 1 aromatic carbocycles. The van der Waals surface area contributed by atoms with E-state index in [1.807, 2.05) is 6.07 Å². The van der Waals surface area contributed by atoms with E-state index in [1.54, 1.807) is 19.2 Å². The second kappa shape index (κ2) is 7.94. The number of aliphatic hydroxyl groups is 1. The first-order valence-electron chi connectivity index (χ1n) is 9.27. The third kappa shape index (κ3) is 4.10. The highest BCUT2D eigenvalue weighted by Gasteiger charge is 2.42. The molecular weight excluding hydrogens is 320 g/mol. The van der Waals surface area contributed by atoms with Gasteiger partial charge in [0.25, 0.3) is 0 Å². The maximum absolute atomic E-state index is 12.4. The molecule has 3 atom stereocenters. The number of aliphatic hydroxyl groups excluding tert-OH is 1. The molecule has 1 aromatic rings. The van der Waals surface area contributed by atoms with Gasteiger partial charge in [-0.25, -0.2) is 0 Å². The van der Waals surface area contributed by atoms with Gasteiger partial charge in [0.15, 0.2) is 6.29 Å². The molecule has 140 valence electrons. The molecule has 5 nitrogen and oxygen atoms in total. The second-order valence-electron chi connectivity index (χ2n) is 7.58. The molecule has 0 radical (unpaired) electrons. The number of hydrogen-bond donors (Lipinski definition) is 1. The molecule has 5 heteroatoms. The van der Waals surface area contributed by atoms with E-state index in [0.29, 0.717) is 25.4 Å². The molecule has 0 bridgehead atoms. The third-order valence-electron chi connectivity index (χ3n) is 5.90. The van der Waals surface area contributed by atoms with Crippen molar-refractivity contribution in [2.75, 3.05) is 20.3 Å². The lowest BCUT2D eigenvalue weighted by atomic mass is 9.62. The van der Waals surface area contributed by atoms with Gasteiger partial charge in [-0.15, -0.1) is 5.75 Å². The Labute approximate surface area is 149 Å². The molecule has 25 heavy (non-hydrogen) atoms. The fourth-order valence-electron chi connectivity index (χ4n) is 4.53. The van der Waals surface area contributed by atoms with Crippen LogP contribution in [-0.2, 0) is 15.9 Å². The Kier molecular flexibility index (Phi) is 5.87. The van der Waals surface area contributed by atoms with Crippen LogP contribution >= 0.6 is 0 Å². The van der Waals surface area contributed by atoms with Crippen LogP contribution in [0.15, 0.2) is 18.2 Å². The lowest BCUT2D eigenvalue weighted by Crippen LogP contribution is -2.42. The summed E-state index contributed by atoms with van der Waals surface area (Å²) in [4.78, 5) is 0. The summed E-state index contributed by atoms with van der Waals surface area (Å²) in [7, 11) is 1.60. The number of methoxy groups -OCH3 is 1. The molecule has 0 spiro atoms. The molecule has 1 heterocycles. The lowest BCUT2D eigenvalue weighted by Gasteiger charge is -2.45. The van der Waals surface area contributed by atoms with Crippen LogP contribution in [0, 0.1) is 11.3 Å². The predicted molar refractivity (Wildman–Crippen MR) is 92.5 cm³/mol. The topological polar surface area (TPSA) is 71.0 Å². The van der Waals surface area contributed by atoms with Gasteiger partial charge in [-0.05, 0) is 55.1 Å². The fourth-order valence-corrected chi connectivity index (χ4v) is 4.53. The standard InChI is InChI=1S/C20H30O5/c1-20(13-14-16(21)5-3-7-18(14)23-2)10-4-6-17(22)15(20)8-9-19-24-11-12-25-19/h3,5,7,15,17,19,21-22H,4,6,8-13H2,1-2H3/p-1/t15-,17?,20+/m1/s1. The maximum atomic E-state index is 12.4. The number of hydrogen-bond acceptors (Lipinski definition) is 5. The molecule has 0 amide bonds. The molecule has 1 saturated carbocycles. The van der Waals surface area contributed by atoms with Gasteiger partial charge in [0.1, 0.15) is 5.75 Å². The first-order chi connectivity index (χ1) is 12.0. The summed E-state index contributed by atoms with van der Waals surface area (Å²) < 4.78 is 16.5. The van der Waals surface area contributed by atoms with E-state index in [-0.39, 0.29) is 29.5 Å². The maximum Gasteiger partial charge on any atom is 0.157 e. The minimum atomic E-state index is -0.343. The summed E-state index contributed by atoms with van der Waals surface area (Å²) in [6, 6.07) is 5.17. The van der Waals surface area contributed by atoms with Gasteiger partial charge < -0.3 is 24.4 Å². The van der Waals surface area contributed by atoms with Gasteiger partial charge in [-0.1, -0.05) is 25.5 Å². The van der Waals surface area contributed by atoms with Crippen LogP contribution in [0.4, 0.5) is 0 Å². The molecule has 2 fully saturated rings. The van der Waals surface area contributed by atoms with Crippen molar-refractivity contribution < 1.29 is 24.4 Å². The van der Waals surface area contributed by atoms with Gasteiger partial charge >= 0.3 is 0 Å². The Morgan fingerprint density at radius 3 is 2.76 bits per heavy atom. The predicted octanol–water partition coefficient (Wildman–Crippen LogP) is 2.63. The normalized spacial score (nSPS) is 30.5. The lowest BCUT2D eigenvalue weighted by molar-refractivity contribution is -0.270. The van der Waals surface area contributed by atoms with Crippen LogP contribution < -0.4 is 9.84 Å². The summed E-state index contributed by atoms with van der Waals surface area (Å²) in [5.74, 6) is 0.787. The van der Waals surface area contributed by atoms with Gasteiger partial charge in [-0.2, -0.15) is 0 Å². The smallest absolute Gasteiger partial charge is 0.157 e. The zero-order valence-corrected chi connectivity index (χ0v) is 15.2. The number of benzene rings is 1. The first-order valence-corrected chi connectivity index (χ1v) is 9.27. The highest BCUT2D eigenvalue weighted by Crippen LogP contribution is 2.48.